The number of benzene rings is 8. The highest BCUT2D eigenvalue weighted by Gasteiger charge is 2.19. The van der Waals surface area contributed by atoms with Gasteiger partial charge in [0.15, 0.2) is 0 Å². The fraction of sp³-hybridized carbons (Fsp3) is 0.286. The number of hydrogen-bond donors (Lipinski definition) is 8. The molecule has 0 saturated carbocycles. The summed E-state index contributed by atoms with van der Waals surface area (Å²) in [4.78, 5) is 33.3. The molecule has 0 spiro atoms. The van der Waals surface area contributed by atoms with Crippen molar-refractivity contribution in [1.29, 1.82) is 0 Å². The minimum Gasteiger partial charge on any atom is -0.354 e. The zero-order valence-corrected chi connectivity index (χ0v) is 49.4. The molecule has 0 aliphatic rings. The third-order valence-corrected chi connectivity index (χ3v) is 15.2. The second-order valence-corrected chi connectivity index (χ2v) is 21.3. The molecule has 444 valence electrons. The Morgan fingerprint density at radius 1 is 0.314 bits per heavy atom. The van der Waals surface area contributed by atoms with Gasteiger partial charge in [-0.2, -0.15) is 29.9 Å². The van der Waals surface area contributed by atoms with Crippen LogP contribution in [0.15, 0.2) is 206 Å². The highest BCUT2D eigenvalue weighted by molar-refractivity contribution is 5.86. The van der Waals surface area contributed by atoms with Crippen molar-refractivity contribution in [3.05, 3.63) is 240 Å². The van der Waals surface area contributed by atoms with Gasteiger partial charge in [0.2, 0.25) is 35.7 Å². The van der Waals surface area contributed by atoms with Gasteiger partial charge in [0.05, 0.1) is 0 Å². The first-order chi connectivity index (χ1) is 42.5. The van der Waals surface area contributed by atoms with Crippen molar-refractivity contribution in [2.24, 2.45) is 22.9 Å². The molecule has 12 N–H and O–H groups in total. The lowest BCUT2D eigenvalue weighted by atomic mass is 9.88. The second kappa shape index (κ2) is 33.4. The van der Waals surface area contributed by atoms with Gasteiger partial charge in [0.1, 0.15) is 0 Å². The third-order valence-electron chi connectivity index (χ3n) is 15.2. The largest absolute Gasteiger partial charge is 0.354 e. The van der Waals surface area contributed by atoms with E-state index in [1.807, 2.05) is 0 Å². The number of rotatable bonds is 32. The Kier molecular flexibility index (Phi) is 23.9. The molecule has 10 aromatic rings. The van der Waals surface area contributed by atoms with Crippen molar-refractivity contribution in [3.63, 3.8) is 0 Å². The van der Waals surface area contributed by atoms with Gasteiger partial charge in [-0.3, -0.25) is 0 Å². The molecule has 0 amide bonds. The first kappa shape index (κ1) is 61.5. The molecule has 0 aliphatic carbocycles. The molecule has 0 fully saturated rings. The van der Waals surface area contributed by atoms with Crippen LogP contribution in [0.4, 0.5) is 35.7 Å². The van der Waals surface area contributed by atoms with E-state index in [1.54, 1.807) is 0 Å². The van der Waals surface area contributed by atoms with Crippen LogP contribution in [0.3, 0.4) is 0 Å². The van der Waals surface area contributed by atoms with Gasteiger partial charge in [-0.15, -0.1) is 0 Å². The lowest BCUT2D eigenvalue weighted by Gasteiger charge is -2.24. The van der Waals surface area contributed by atoms with Crippen molar-refractivity contribution in [3.8, 4) is 0 Å². The van der Waals surface area contributed by atoms with E-state index in [0.717, 1.165) is 64.7 Å². The number of fused-ring (bicyclic) bond motifs is 2. The number of aromatic nitrogens is 6. The highest BCUT2D eigenvalue weighted by atomic mass is 15.3. The van der Waals surface area contributed by atoms with Gasteiger partial charge in [-0.1, -0.05) is 206 Å². The Balaban J connectivity index is 0.000000209. The Labute approximate surface area is 507 Å². The minimum atomic E-state index is 0.252. The third kappa shape index (κ3) is 18.0. The van der Waals surface area contributed by atoms with Gasteiger partial charge >= 0.3 is 0 Å². The lowest BCUT2D eigenvalue weighted by molar-refractivity contribution is 0.681. The van der Waals surface area contributed by atoms with E-state index in [1.165, 1.54) is 54.9 Å². The van der Waals surface area contributed by atoms with Crippen LogP contribution in [-0.2, 0) is 13.1 Å². The molecule has 0 bridgehead atoms. The van der Waals surface area contributed by atoms with Crippen molar-refractivity contribution in [2.75, 3.05) is 96.5 Å². The molecule has 8 aromatic carbocycles. The number of nitrogens with zero attached hydrogens (tertiary/aromatic N) is 8. The van der Waals surface area contributed by atoms with E-state index in [2.05, 4.69) is 237 Å². The number of nitrogens with one attached hydrogen (secondary N) is 4. The molecule has 0 saturated heterocycles. The summed E-state index contributed by atoms with van der Waals surface area (Å²) in [5, 5.41) is 18.8. The van der Waals surface area contributed by atoms with Crippen LogP contribution in [0.5, 0.6) is 0 Å². The monoisotopic (exact) mass is 1150 g/mol. The predicted molar refractivity (Wildman–Crippen MR) is 357 cm³/mol. The lowest BCUT2D eigenvalue weighted by Crippen LogP contribution is -2.31. The van der Waals surface area contributed by atoms with E-state index in [0.29, 0.717) is 88.0 Å². The molecule has 16 heteroatoms. The van der Waals surface area contributed by atoms with Crippen molar-refractivity contribution in [2.45, 2.75) is 63.5 Å². The smallest absolute Gasteiger partial charge is 0.231 e. The Morgan fingerprint density at radius 2 is 0.605 bits per heavy atom. The molecular weight excluding hydrogens is 1060 g/mol. The SMILES string of the molecule is NCCCN(CCCN)c1nc(NCCC(c2ccccc2)c2ccccc2)nc(NCCC(c2ccccc2)c2ccccc2)n1.NCCCN(CCCN)c1nc(NCc2cccc3ccccc23)nc(NCc2cccc3ccccc23)n1. The predicted octanol–water partition coefficient (Wildman–Crippen LogP) is 11.5. The molecule has 16 nitrogen and oxygen atoms in total. The van der Waals surface area contributed by atoms with Gasteiger partial charge in [0, 0.05) is 64.2 Å². The fourth-order valence-electron chi connectivity index (χ4n) is 10.8. The summed E-state index contributed by atoms with van der Waals surface area (Å²) in [5.74, 6) is 3.93. The van der Waals surface area contributed by atoms with Crippen LogP contribution in [0.1, 0.15) is 83.7 Å². The molecule has 0 unspecified atom stereocenters. The van der Waals surface area contributed by atoms with Crippen LogP contribution in [-0.4, -0.2) is 95.4 Å². The van der Waals surface area contributed by atoms with Gasteiger partial charge in [0.25, 0.3) is 0 Å². The number of hydrogen-bond acceptors (Lipinski definition) is 16. The number of anilines is 6. The fourth-order valence-corrected chi connectivity index (χ4v) is 10.8. The average molecular weight is 1150 g/mol. The minimum absolute atomic E-state index is 0.252. The van der Waals surface area contributed by atoms with Gasteiger partial charge < -0.3 is 54.0 Å². The van der Waals surface area contributed by atoms with E-state index in [4.69, 9.17) is 52.8 Å². The first-order valence-corrected chi connectivity index (χ1v) is 30.4. The van der Waals surface area contributed by atoms with Crippen molar-refractivity contribution < 1.29 is 0 Å². The van der Waals surface area contributed by atoms with Crippen LogP contribution in [0.2, 0.25) is 0 Å². The average Bonchev–Trinajstić information content (AvgIpc) is 3.63. The molecule has 2 aromatic heterocycles. The zero-order valence-electron chi connectivity index (χ0n) is 49.4. The molecule has 0 radical (unpaired) electrons. The summed E-state index contributed by atoms with van der Waals surface area (Å²) in [7, 11) is 0. The Bertz CT molecular complexity index is 3250. The van der Waals surface area contributed by atoms with Gasteiger partial charge in [-0.25, -0.2) is 0 Å². The van der Waals surface area contributed by atoms with Crippen LogP contribution in [0.25, 0.3) is 21.5 Å². The maximum absolute atomic E-state index is 5.89. The molecule has 0 atom stereocenters. The first-order valence-electron chi connectivity index (χ1n) is 30.4. The summed E-state index contributed by atoms with van der Waals surface area (Å²) in [5.41, 5.74) is 31.0. The van der Waals surface area contributed by atoms with E-state index >= 15 is 0 Å². The molecule has 10 rings (SSSR count). The Morgan fingerprint density at radius 3 is 0.930 bits per heavy atom. The highest BCUT2D eigenvalue weighted by Crippen LogP contribution is 2.30. The summed E-state index contributed by atoms with van der Waals surface area (Å²) in [6.07, 6.45) is 5.14. The standard InChI is InChI=1S/C39H48N8.C31H36N8/c40-25-13-29-47(30-14-26-41)39-45-37(42-27-23-35(31-15-5-1-6-16-31)32-17-7-2-8-18-32)44-38(46-39)43-28-24-36(33-19-9-3-10-20-33)34-21-11-4-12-22-34;32-17-7-19-39(20-8-18-33)31-37-29(34-21-25-13-5-11-23-9-1-3-15-27(23)25)36-30(38-31)35-22-26-14-6-12-24-10-2-4-16-28(24)26/h1-12,15-22,35-36H,13-14,23-30,40-41H2,(H2,42,43,44,45,46);1-6,9-16H,7-8,17-22,32-33H2,(H2,34,35,36,37,38). The molecule has 2 heterocycles. The molecular formula is C70H84N16. The van der Waals surface area contributed by atoms with Crippen LogP contribution in [0, 0.1) is 0 Å². The van der Waals surface area contributed by atoms with E-state index in [-0.39, 0.29) is 11.8 Å². The maximum atomic E-state index is 5.89. The summed E-state index contributed by atoms with van der Waals surface area (Å²) >= 11 is 0. The summed E-state index contributed by atoms with van der Waals surface area (Å²) < 4.78 is 0. The van der Waals surface area contributed by atoms with Crippen LogP contribution < -0.4 is 54.0 Å². The van der Waals surface area contributed by atoms with Crippen molar-refractivity contribution in [1.82, 2.24) is 29.9 Å². The number of nitrogens with two attached hydrogens (primary N) is 4. The molecule has 86 heavy (non-hydrogen) atoms. The Hall–Kier alpha value is -9.06. The topological polar surface area (TPSA) is 236 Å². The van der Waals surface area contributed by atoms with Crippen LogP contribution >= 0.6 is 0 Å². The second-order valence-electron chi connectivity index (χ2n) is 21.3. The molecule has 0 aliphatic heterocycles. The van der Waals surface area contributed by atoms with Crippen molar-refractivity contribution >= 4 is 57.2 Å². The van der Waals surface area contributed by atoms with E-state index < -0.39 is 0 Å². The zero-order chi connectivity index (χ0) is 59.4. The summed E-state index contributed by atoms with van der Waals surface area (Å²) in [6.45, 7) is 8.02. The van der Waals surface area contributed by atoms with E-state index in [9.17, 15) is 0 Å². The normalized spacial score (nSPS) is 11.1. The maximum Gasteiger partial charge on any atom is 0.231 e. The quantitative estimate of drug-likeness (QED) is 0.0196. The van der Waals surface area contributed by atoms with Gasteiger partial charge in [-0.05, 0) is 120 Å². The summed E-state index contributed by atoms with van der Waals surface area (Å²) in [6, 6.07) is 72.1.